The van der Waals surface area contributed by atoms with Gasteiger partial charge in [0, 0.05) is 0 Å². The summed E-state index contributed by atoms with van der Waals surface area (Å²) >= 11 is 0. The second-order valence-electron chi connectivity index (χ2n) is 14.8. The van der Waals surface area contributed by atoms with Crippen molar-refractivity contribution in [2.24, 2.45) is 0 Å². The summed E-state index contributed by atoms with van der Waals surface area (Å²) in [6.45, 7) is 0. The van der Waals surface area contributed by atoms with E-state index < -0.39 is 96.3 Å². The first-order valence-electron chi connectivity index (χ1n) is 21.8. The molecule has 4 N–H and O–H groups in total. The van der Waals surface area contributed by atoms with E-state index in [0.717, 1.165) is 0 Å². The van der Waals surface area contributed by atoms with E-state index in [1.807, 2.05) is 12.1 Å². The third-order valence-electron chi connectivity index (χ3n) is 9.55. The summed E-state index contributed by atoms with van der Waals surface area (Å²) in [6, 6.07) is 46.7. The Balaban J connectivity index is 0.000000371. The molecule has 0 aliphatic carbocycles. The smallest absolute Gasteiger partial charge is 0.546 e. The van der Waals surface area contributed by atoms with Gasteiger partial charge in [-0.15, -0.1) is 0 Å². The molecule has 0 unspecified atom stereocenters. The van der Waals surface area contributed by atoms with Crippen molar-refractivity contribution in [2.45, 2.75) is 36.6 Å². The van der Waals surface area contributed by atoms with Crippen LogP contribution < -0.4 is 10.2 Å². The van der Waals surface area contributed by atoms with Gasteiger partial charge in [0.25, 0.3) is 0 Å². The van der Waals surface area contributed by atoms with Crippen LogP contribution in [0.2, 0.25) is 0 Å². The number of rotatable bonds is 18. The maximum atomic E-state index is 12.0. The molecule has 23 heteroatoms. The Morgan fingerprint density at radius 1 is 0.351 bits per heavy atom. The first-order chi connectivity index (χ1) is 36.3. The van der Waals surface area contributed by atoms with Gasteiger partial charge in [0.1, 0.15) is 0 Å². The third kappa shape index (κ3) is 21.5. The number of methoxy groups -OCH3 is 2. The number of carbonyl (C=O) groups excluding carboxylic acids is 8. The normalized spacial score (nSPS) is 12.2. The minimum atomic E-state index is -2.33. The molecule has 0 aromatic heterocycles. The van der Waals surface area contributed by atoms with Crippen LogP contribution >= 0.6 is 0 Å². The molecule has 6 aromatic rings. The number of aliphatic carboxylic acids is 4. The average molecular weight is 1090 g/mol. The first kappa shape index (κ1) is 64.3. The number of hydrogen-bond acceptors (Lipinski definition) is 20. The molecule has 0 spiro atoms. The van der Waals surface area contributed by atoms with Crippen LogP contribution in [-0.2, 0) is 57.2 Å². The van der Waals surface area contributed by atoms with Crippen molar-refractivity contribution in [2.75, 3.05) is 14.2 Å². The molecule has 77 heavy (non-hydrogen) atoms. The molecule has 0 aliphatic heterocycles. The zero-order chi connectivity index (χ0) is 56.2. The molecule has 22 nitrogen and oxygen atoms in total. The summed E-state index contributed by atoms with van der Waals surface area (Å²) in [5.41, 5.74) is 1.10. The van der Waals surface area contributed by atoms with Crippen LogP contribution in [0.1, 0.15) is 64.8 Å². The second-order valence-corrected chi connectivity index (χ2v) is 14.8. The van der Waals surface area contributed by atoms with E-state index in [-0.39, 0.29) is 60.0 Å². The fourth-order valence-electron chi connectivity index (χ4n) is 5.75. The summed E-state index contributed by atoms with van der Waals surface area (Å²) in [5, 5.41) is 59.6. The molecule has 6 atom stereocenters. The van der Waals surface area contributed by atoms with Crippen LogP contribution in [-0.4, -0.2) is 156 Å². The van der Waals surface area contributed by atoms with Crippen molar-refractivity contribution in [3.8, 4) is 0 Å². The van der Waals surface area contributed by atoms with Gasteiger partial charge in [-0.2, -0.15) is 0 Å². The summed E-state index contributed by atoms with van der Waals surface area (Å²) in [6.07, 6.45) is -11.5. The zero-order valence-electron chi connectivity index (χ0n) is 40.6. The number of carboxylic acids is 4. The largest absolute Gasteiger partial charge is 2.00 e. The van der Waals surface area contributed by atoms with Crippen molar-refractivity contribution >= 4 is 97.4 Å². The van der Waals surface area contributed by atoms with E-state index in [0.29, 0.717) is 11.1 Å². The Labute approximate surface area is 467 Å². The molecule has 0 bridgehead atoms. The van der Waals surface area contributed by atoms with Crippen molar-refractivity contribution in [3.05, 3.63) is 215 Å². The number of aliphatic hydroxyl groups is 2. The molecule has 0 radical (unpaired) electrons. The van der Waals surface area contributed by atoms with Gasteiger partial charge in [0.15, 0.2) is 24.4 Å². The molecule has 6 aromatic carbocycles. The van der Waals surface area contributed by atoms with E-state index in [1.165, 1.54) is 111 Å². The van der Waals surface area contributed by atoms with Crippen LogP contribution in [0.4, 0.5) is 0 Å². The summed E-state index contributed by atoms with van der Waals surface area (Å²) < 4.78 is 27.6. The van der Waals surface area contributed by atoms with Gasteiger partial charge in [-0.05, 0) is 59.7 Å². The van der Waals surface area contributed by atoms with Crippen molar-refractivity contribution in [1.29, 1.82) is 0 Å². The number of carbonyl (C=O) groups is 10. The number of ether oxygens (including phenoxy) is 6. The van der Waals surface area contributed by atoms with Crippen molar-refractivity contribution in [3.63, 3.8) is 0 Å². The van der Waals surface area contributed by atoms with Gasteiger partial charge >= 0.3 is 85.5 Å². The monoisotopic (exact) mass is 1090 g/mol. The van der Waals surface area contributed by atoms with Crippen LogP contribution in [0.15, 0.2) is 182 Å². The Hall–Kier alpha value is -8.80. The number of benzene rings is 6. The Bertz CT molecular complexity index is 2520. The molecule has 0 saturated heterocycles. The van der Waals surface area contributed by atoms with E-state index in [2.05, 4.69) is 9.47 Å². The third-order valence-corrected chi connectivity index (χ3v) is 9.55. The summed E-state index contributed by atoms with van der Waals surface area (Å²) in [5.74, 6) is -13.3. The number of carboxylic acid groups (broad SMARTS) is 4. The minimum Gasteiger partial charge on any atom is -0.546 e. The van der Waals surface area contributed by atoms with Crippen molar-refractivity contribution < 1.29 is 107 Å². The minimum absolute atomic E-state index is 0. The van der Waals surface area contributed by atoms with Crippen LogP contribution in [0.25, 0.3) is 0 Å². The van der Waals surface area contributed by atoms with Gasteiger partial charge in [-0.1, -0.05) is 133 Å². The number of esters is 6. The van der Waals surface area contributed by atoms with Gasteiger partial charge in [-0.3, -0.25) is 0 Å². The zero-order valence-corrected chi connectivity index (χ0v) is 42.8. The van der Waals surface area contributed by atoms with Crippen LogP contribution in [0.3, 0.4) is 0 Å². The molecular formula is C54H46CaO22. The first-order valence-corrected chi connectivity index (χ1v) is 21.8. The summed E-state index contributed by atoms with van der Waals surface area (Å²) in [4.78, 5) is 115. The molecule has 6 rings (SSSR count). The van der Waals surface area contributed by atoms with E-state index >= 15 is 0 Å². The van der Waals surface area contributed by atoms with Gasteiger partial charge in [-0.25, -0.2) is 38.4 Å². The van der Waals surface area contributed by atoms with E-state index in [9.17, 15) is 78.6 Å². The molecule has 396 valence electrons. The molecule has 0 fully saturated rings. The molecule has 0 saturated carbocycles. The predicted octanol–water partition coefficient (Wildman–Crippen LogP) is 1.95. The van der Waals surface area contributed by atoms with E-state index in [4.69, 9.17) is 18.9 Å². The maximum Gasteiger partial charge on any atom is 2.00 e. The Morgan fingerprint density at radius 2 is 0.545 bits per heavy atom. The van der Waals surface area contributed by atoms with Crippen molar-refractivity contribution in [1.82, 2.24) is 0 Å². The SMILES string of the molecule is COC(=O)[C@H](O)c1ccccc1.COC(=O)[C@H](O)c1ccccc1.O=C(O[C@@H](C(=O)[O-])[C@@H](OC(=O)c1ccccc1)C(=O)O)c1ccccc1.O=C(O[C@@H](C(=O)[O-])[C@@H](OC(=O)c1ccccc1)C(=O)O)c1ccccc1.[Ca+2]. The van der Waals surface area contributed by atoms with Crippen LogP contribution in [0, 0.1) is 0 Å². The maximum absolute atomic E-state index is 12.0. The number of hydrogen-bond donors (Lipinski definition) is 4. The number of aliphatic hydroxyl groups excluding tert-OH is 2. The molecule has 0 aliphatic rings. The fourth-order valence-corrected chi connectivity index (χ4v) is 5.75. The predicted molar refractivity (Wildman–Crippen MR) is 260 cm³/mol. The van der Waals surface area contributed by atoms with Gasteiger partial charge in [0.05, 0.1) is 48.4 Å². The Kier molecular flexibility index (Phi) is 28.3. The van der Waals surface area contributed by atoms with Gasteiger partial charge in [0.2, 0.25) is 12.2 Å². The molecule has 0 heterocycles. The standard InChI is InChI=1S/2C18H14O8.2C9H10O3.Ca/c2*19-15(20)13(25-17(23)11-7-3-1-4-8-11)14(16(21)22)26-18(24)12-9-5-2-6-10-12;2*1-12-9(11)8(10)7-5-3-2-4-6-7;/h2*1-10,13-14H,(H,19,20)(H,21,22);2*2-6,8,10H,1H3;/q;;;;+2/p-2/t2*13-,14-;2*8-;/m1111./s1. The summed E-state index contributed by atoms with van der Waals surface area (Å²) in [7, 11) is 2.49. The fraction of sp³-hybridized carbons (Fsp3) is 0.148. The molecular weight excluding hydrogens is 1040 g/mol. The quantitative estimate of drug-likeness (QED) is 0.0543. The second kappa shape index (κ2) is 33.9. The topological polar surface area (TPSA) is 353 Å². The Morgan fingerprint density at radius 3 is 0.727 bits per heavy atom. The van der Waals surface area contributed by atoms with Gasteiger partial charge < -0.3 is 68.6 Å². The van der Waals surface area contributed by atoms with Crippen LogP contribution in [0.5, 0.6) is 0 Å². The van der Waals surface area contributed by atoms with E-state index in [1.54, 1.807) is 72.8 Å². The average Bonchev–Trinajstić information content (AvgIpc) is 3.45. The molecule has 0 amide bonds.